The van der Waals surface area contributed by atoms with Crippen molar-refractivity contribution in [2.24, 2.45) is 0 Å². The smallest absolute Gasteiger partial charge is 0.270 e. The molecule has 0 saturated heterocycles. The summed E-state index contributed by atoms with van der Waals surface area (Å²) in [4.78, 5) is 9.54. The molecule has 6 heavy (non-hydrogen) atoms. The van der Waals surface area contributed by atoms with Crippen molar-refractivity contribution in [3.8, 4) is 0 Å². The maximum Gasteiger partial charge on any atom is 0.270 e. The van der Waals surface area contributed by atoms with Crippen molar-refractivity contribution < 1.29 is 9.90 Å². The van der Waals surface area contributed by atoms with Gasteiger partial charge in [0.15, 0.2) is 0 Å². The molecule has 2 nitrogen and oxygen atoms in total. The van der Waals surface area contributed by atoms with E-state index in [4.69, 9.17) is 5.11 Å². The van der Waals surface area contributed by atoms with Crippen molar-refractivity contribution in [3.05, 3.63) is 12.3 Å². The van der Waals surface area contributed by atoms with Crippen molar-refractivity contribution >= 4 is 15.1 Å². The fourth-order valence-electron chi connectivity index (χ4n) is 0.0873. The molecule has 0 fully saturated rings. The molecule has 0 bridgehead atoms. The minimum absolute atomic E-state index is 0.148. The monoisotopic (exact) mass is 100.0 g/mol. The fraction of sp³-hybridized carbons (Fsp3) is 0. The van der Waals surface area contributed by atoms with Gasteiger partial charge in [0.25, 0.3) is 5.59 Å². The van der Waals surface area contributed by atoms with E-state index in [-0.39, 0.29) is 9.52 Å². The summed E-state index contributed by atoms with van der Waals surface area (Å²) in [7, 11) is -0.148. The second-order valence-corrected chi connectivity index (χ2v) is 1.78. The third-order valence-electron chi connectivity index (χ3n) is 0.226. The van der Waals surface area contributed by atoms with Gasteiger partial charge in [0.2, 0.25) is 9.52 Å². The van der Waals surface area contributed by atoms with Crippen LogP contribution in [0.4, 0.5) is 4.79 Å². The zero-order chi connectivity index (χ0) is 4.99. The quantitative estimate of drug-likeness (QED) is 0.513. The van der Waals surface area contributed by atoms with Gasteiger partial charge in [-0.3, -0.25) is 4.79 Å². The average Bonchev–Trinajstić information content (AvgIpc) is 1.35. The molecule has 1 N–H and O–H groups in total. The summed E-state index contributed by atoms with van der Waals surface area (Å²) in [6.45, 7) is 3.23. The maximum absolute atomic E-state index is 9.54. The first-order valence-electron chi connectivity index (χ1n) is 1.37. The number of rotatable bonds is 2. The Morgan fingerprint density at radius 3 is 2.50 bits per heavy atom. The van der Waals surface area contributed by atoms with Crippen LogP contribution >= 0.6 is 0 Å². The third-order valence-corrected chi connectivity index (χ3v) is 0.677. The highest BCUT2D eigenvalue weighted by atomic mass is 28.2. The van der Waals surface area contributed by atoms with Gasteiger partial charge in [-0.25, -0.2) is 0 Å². The number of carboxylic acid groups (broad SMARTS) is 1. The van der Waals surface area contributed by atoms with E-state index in [1.807, 2.05) is 0 Å². The zero-order valence-electron chi connectivity index (χ0n) is 3.14. The molecular formula is C3H4O2Si. The summed E-state index contributed by atoms with van der Waals surface area (Å²) in [6.07, 6.45) is 0. The van der Waals surface area contributed by atoms with Crippen LogP contribution in [-0.4, -0.2) is 20.2 Å². The highest BCUT2D eigenvalue weighted by Gasteiger charge is 1.87. The normalized spacial score (nSPS) is 7.33. The molecule has 3 heteroatoms. The topological polar surface area (TPSA) is 37.3 Å². The predicted molar refractivity (Wildman–Crippen MR) is 24.0 cm³/mol. The van der Waals surface area contributed by atoms with Crippen LogP contribution in [0.5, 0.6) is 0 Å². The lowest BCUT2D eigenvalue weighted by Gasteiger charge is -1.72. The minimum Gasteiger partial charge on any atom is -0.486 e. The predicted octanol–water partition coefficient (Wildman–Crippen LogP) is 0.512. The Bertz CT molecular complexity index is 69.2. The summed E-state index contributed by atoms with van der Waals surface area (Å²) in [6, 6.07) is 0. The highest BCUT2D eigenvalue weighted by Crippen LogP contribution is 1.61. The first kappa shape index (κ1) is 5.43. The Labute approximate surface area is 38.3 Å². The molecule has 0 aromatic carbocycles. The van der Waals surface area contributed by atoms with Crippen molar-refractivity contribution in [3.63, 3.8) is 0 Å². The van der Waals surface area contributed by atoms with Gasteiger partial charge in [0.1, 0.15) is 0 Å². The van der Waals surface area contributed by atoms with E-state index in [1.54, 1.807) is 0 Å². The molecular weight excluding hydrogens is 96.1 g/mol. The van der Waals surface area contributed by atoms with Crippen LogP contribution in [0.2, 0.25) is 0 Å². The van der Waals surface area contributed by atoms with E-state index >= 15 is 0 Å². The molecule has 0 amide bonds. The summed E-state index contributed by atoms with van der Waals surface area (Å²) in [5, 5.41) is 7.85. The molecule has 2 radical (unpaired) electrons. The van der Waals surface area contributed by atoms with Crippen LogP contribution in [0.3, 0.4) is 0 Å². The number of hydrogen-bond acceptors (Lipinski definition) is 1. The van der Waals surface area contributed by atoms with Gasteiger partial charge in [0.05, 0.1) is 0 Å². The number of carbonyl (C=O) groups is 1. The van der Waals surface area contributed by atoms with Crippen LogP contribution in [0, 0.1) is 0 Å². The van der Waals surface area contributed by atoms with Crippen molar-refractivity contribution in [2.45, 2.75) is 0 Å². The second-order valence-electron chi connectivity index (χ2n) is 0.654. The van der Waals surface area contributed by atoms with E-state index in [1.165, 1.54) is 5.70 Å². The lowest BCUT2D eigenvalue weighted by atomic mass is 11.3. The Kier molecular flexibility index (Phi) is 2.40. The summed E-state index contributed by atoms with van der Waals surface area (Å²) in [5.41, 5.74) is 0.576. The molecule has 0 aromatic heterocycles. The van der Waals surface area contributed by atoms with Gasteiger partial charge < -0.3 is 5.11 Å². The molecule has 0 spiro atoms. The van der Waals surface area contributed by atoms with Crippen molar-refractivity contribution in [2.75, 3.05) is 0 Å². The summed E-state index contributed by atoms with van der Waals surface area (Å²) >= 11 is 0. The van der Waals surface area contributed by atoms with Crippen LogP contribution < -0.4 is 0 Å². The van der Waals surface area contributed by atoms with E-state index in [9.17, 15) is 4.79 Å². The van der Waals surface area contributed by atoms with E-state index < -0.39 is 5.59 Å². The summed E-state index contributed by atoms with van der Waals surface area (Å²) < 4.78 is 0. The zero-order valence-corrected chi connectivity index (χ0v) is 4.14. The first-order chi connectivity index (χ1) is 2.77. The van der Waals surface area contributed by atoms with Crippen LogP contribution in [0.15, 0.2) is 12.3 Å². The lowest BCUT2D eigenvalue weighted by molar-refractivity contribution is 0.220. The Balaban J connectivity index is 3.05. The van der Waals surface area contributed by atoms with Crippen LogP contribution in [-0.2, 0) is 0 Å². The highest BCUT2D eigenvalue weighted by molar-refractivity contribution is 6.75. The molecule has 0 aliphatic rings. The van der Waals surface area contributed by atoms with Gasteiger partial charge in [-0.05, 0) is 0 Å². The van der Waals surface area contributed by atoms with E-state index in [2.05, 4.69) is 6.58 Å². The van der Waals surface area contributed by atoms with Gasteiger partial charge in [-0.15, -0.1) is 6.58 Å². The molecule has 0 aromatic rings. The number of hydrogen-bond donors (Lipinski definition) is 1. The third kappa shape index (κ3) is 3.43. The second kappa shape index (κ2) is 2.65. The summed E-state index contributed by atoms with van der Waals surface area (Å²) in [5.74, 6) is 0. The standard InChI is InChI=1S/C3H4O2Si/c1-2-6-3(4)5/h2H,1H2,(H,4,5). The lowest BCUT2D eigenvalue weighted by Crippen LogP contribution is -1.99. The SMILES string of the molecule is C=C[Si]C(=O)O. The fourth-order valence-corrected chi connectivity index (χ4v) is 0.262. The molecule has 0 aliphatic heterocycles. The van der Waals surface area contributed by atoms with Crippen molar-refractivity contribution in [1.82, 2.24) is 0 Å². The van der Waals surface area contributed by atoms with Crippen LogP contribution in [0.1, 0.15) is 0 Å². The molecule has 0 rings (SSSR count). The largest absolute Gasteiger partial charge is 0.486 e. The molecule has 0 heterocycles. The van der Waals surface area contributed by atoms with Crippen LogP contribution in [0.25, 0.3) is 0 Å². The average molecular weight is 100 g/mol. The van der Waals surface area contributed by atoms with Gasteiger partial charge >= 0.3 is 0 Å². The molecule has 0 atom stereocenters. The Hall–Kier alpha value is -0.573. The van der Waals surface area contributed by atoms with Gasteiger partial charge in [-0.2, -0.15) is 0 Å². The molecule has 0 saturated carbocycles. The maximum atomic E-state index is 9.54. The van der Waals surface area contributed by atoms with Gasteiger partial charge in [0, 0.05) is 0 Å². The molecule has 0 unspecified atom stereocenters. The molecule has 32 valence electrons. The Morgan fingerprint density at radius 2 is 2.50 bits per heavy atom. The first-order valence-corrected chi connectivity index (χ1v) is 2.45. The molecule has 0 aliphatic carbocycles. The Morgan fingerprint density at radius 1 is 2.00 bits per heavy atom. The van der Waals surface area contributed by atoms with E-state index in [0.717, 1.165) is 0 Å². The van der Waals surface area contributed by atoms with E-state index in [0.29, 0.717) is 0 Å². The van der Waals surface area contributed by atoms with Gasteiger partial charge in [-0.1, -0.05) is 5.70 Å². The minimum atomic E-state index is -0.801. The van der Waals surface area contributed by atoms with Crippen molar-refractivity contribution in [1.29, 1.82) is 0 Å².